The number of benzene rings is 1. The van der Waals surface area contributed by atoms with Crippen LogP contribution in [0.1, 0.15) is 17.5 Å². The average Bonchev–Trinajstić information content (AvgIpc) is 2.80. The standard InChI is InChI=1S/C21H17F4N5O2S/c22-17-4-2-15(3-5-17)16-7-9-29(10-8-16)18-12-27-30(20(31)28-18)13-14-1-6-19(26-11-14)32-33-21(23,24)25/h1-7,11-12H,8-10,13H2. The Morgan fingerprint density at radius 1 is 1.09 bits per heavy atom. The van der Waals surface area contributed by atoms with Gasteiger partial charge in [-0.3, -0.25) is 0 Å². The molecule has 33 heavy (non-hydrogen) atoms. The minimum atomic E-state index is -4.53. The van der Waals surface area contributed by atoms with E-state index in [4.69, 9.17) is 0 Å². The van der Waals surface area contributed by atoms with Crippen molar-refractivity contribution in [2.24, 2.45) is 0 Å². The Hall–Kier alpha value is -3.41. The van der Waals surface area contributed by atoms with Crippen molar-refractivity contribution in [3.63, 3.8) is 0 Å². The first-order valence-electron chi connectivity index (χ1n) is 9.78. The van der Waals surface area contributed by atoms with E-state index in [1.807, 2.05) is 11.0 Å². The number of alkyl halides is 3. The van der Waals surface area contributed by atoms with E-state index in [0.29, 0.717) is 30.9 Å². The van der Waals surface area contributed by atoms with Crippen LogP contribution in [0.3, 0.4) is 0 Å². The number of halogens is 4. The Morgan fingerprint density at radius 2 is 1.88 bits per heavy atom. The lowest BCUT2D eigenvalue weighted by molar-refractivity contribution is -0.0370. The third-order valence-corrected chi connectivity index (χ3v) is 5.29. The van der Waals surface area contributed by atoms with E-state index in [-0.39, 0.29) is 18.2 Å². The first-order valence-corrected chi connectivity index (χ1v) is 10.5. The maximum absolute atomic E-state index is 13.1. The molecule has 172 valence electrons. The van der Waals surface area contributed by atoms with Gasteiger partial charge >= 0.3 is 11.2 Å². The second kappa shape index (κ2) is 9.61. The van der Waals surface area contributed by atoms with Crippen molar-refractivity contribution >= 4 is 23.4 Å². The van der Waals surface area contributed by atoms with Gasteiger partial charge in [-0.15, -0.1) is 0 Å². The first-order chi connectivity index (χ1) is 15.8. The zero-order chi connectivity index (χ0) is 23.4. The van der Waals surface area contributed by atoms with Crippen LogP contribution in [0.25, 0.3) is 5.57 Å². The van der Waals surface area contributed by atoms with Gasteiger partial charge in [0.1, 0.15) is 5.82 Å². The van der Waals surface area contributed by atoms with Crippen LogP contribution in [-0.4, -0.2) is 38.3 Å². The first kappa shape index (κ1) is 22.8. The highest BCUT2D eigenvalue weighted by Gasteiger charge is 2.31. The Kier molecular flexibility index (Phi) is 6.63. The molecule has 0 amide bonds. The Balaban J connectivity index is 1.38. The van der Waals surface area contributed by atoms with Crippen molar-refractivity contribution in [1.29, 1.82) is 0 Å². The van der Waals surface area contributed by atoms with Gasteiger partial charge < -0.3 is 9.08 Å². The predicted octanol–water partition coefficient (Wildman–Crippen LogP) is 4.06. The smallest absolute Gasteiger partial charge is 0.397 e. The van der Waals surface area contributed by atoms with Crippen LogP contribution in [0.4, 0.5) is 23.4 Å². The highest BCUT2D eigenvalue weighted by atomic mass is 32.2. The monoisotopic (exact) mass is 479 g/mol. The van der Waals surface area contributed by atoms with Crippen LogP contribution in [0.5, 0.6) is 5.88 Å². The topological polar surface area (TPSA) is 73.1 Å². The molecule has 0 radical (unpaired) electrons. The Labute approximate surface area is 189 Å². The maximum atomic E-state index is 13.1. The molecule has 1 aliphatic heterocycles. The molecular formula is C21H17F4N5O2S. The normalized spacial score (nSPS) is 14.2. The predicted molar refractivity (Wildman–Crippen MR) is 115 cm³/mol. The zero-order valence-electron chi connectivity index (χ0n) is 17.0. The van der Waals surface area contributed by atoms with Crippen molar-refractivity contribution in [2.75, 3.05) is 18.0 Å². The number of nitrogens with zero attached hydrogens (tertiary/aromatic N) is 5. The molecule has 0 saturated heterocycles. The summed E-state index contributed by atoms with van der Waals surface area (Å²) in [5.41, 5.74) is -2.49. The molecule has 1 aromatic carbocycles. The van der Waals surface area contributed by atoms with Crippen molar-refractivity contribution < 1.29 is 21.7 Å². The largest absolute Gasteiger partial charge is 0.479 e. The second-order valence-corrected chi connectivity index (χ2v) is 7.90. The zero-order valence-corrected chi connectivity index (χ0v) is 17.8. The Bertz CT molecular complexity index is 1200. The van der Waals surface area contributed by atoms with Crippen molar-refractivity contribution in [2.45, 2.75) is 18.5 Å². The summed E-state index contributed by atoms with van der Waals surface area (Å²) in [4.78, 5) is 22.2. The third-order valence-electron chi connectivity index (χ3n) is 4.84. The number of hydrogen-bond acceptors (Lipinski definition) is 7. The molecule has 0 aliphatic carbocycles. The van der Waals surface area contributed by atoms with Crippen LogP contribution in [0.2, 0.25) is 0 Å². The van der Waals surface area contributed by atoms with Crippen LogP contribution in [0, 0.1) is 5.82 Å². The molecular weight excluding hydrogens is 462 g/mol. The molecule has 0 bridgehead atoms. The molecule has 12 heteroatoms. The molecule has 3 aromatic rings. The fourth-order valence-electron chi connectivity index (χ4n) is 3.24. The Morgan fingerprint density at radius 3 is 2.48 bits per heavy atom. The van der Waals surface area contributed by atoms with Gasteiger partial charge in [-0.05, 0) is 35.3 Å². The number of pyridine rings is 1. The summed E-state index contributed by atoms with van der Waals surface area (Å²) >= 11 is -0.650. The van der Waals surface area contributed by atoms with Gasteiger partial charge in [-0.25, -0.2) is 18.9 Å². The van der Waals surface area contributed by atoms with Crippen LogP contribution in [-0.2, 0) is 6.54 Å². The molecule has 1 aliphatic rings. The fraction of sp³-hybridized carbons (Fsp3) is 0.238. The van der Waals surface area contributed by atoms with E-state index in [2.05, 4.69) is 19.2 Å². The van der Waals surface area contributed by atoms with Gasteiger partial charge in [0.2, 0.25) is 5.88 Å². The van der Waals surface area contributed by atoms with E-state index in [9.17, 15) is 22.4 Å². The quantitative estimate of drug-likeness (QED) is 0.390. The molecule has 0 fully saturated rings. The summed E-state index contributed by atoms with van der Waals surface area (Å²) in [6.45, 7) is 1.22. The number of rotatable bonds is 6. The van der Waals surface area contributed by atoms with E-state index < -0.39 is 23.2 Å². The minimum Gasteiger partial charge on any atom is -0.397 e. The summed E-state index contributed by atoms with van der Waals surface area (Å²) in [6, 6.07) is 9.09. The molecule has 0 spiro atoms. The van der Waals surface area contributed by atoms with Crippen LogP contribution >= 0.6 is 12.0 Å². The van der Waals surface area contributed by atoms with Crippen molar-refractivity contribution in [3.05, 3.63) is 82.3 Å². The highest BCUT2D eigenvalue weighted by molar-refractivity contribution is 7.95. The molecule has 0 saturated carbocycles. The molecule has 0 unspecified atom stereocenters. The summed E-state index contributed by atoms with van der Waals surface area (Å²) < 4.78 is 55.2. The van der Waals surface area contributed by atoms with Gasteiger partial charge in [0.15, 0.2) is 17.9 Å². The van der Waals surface area contributed by atoms with E-state index in [1.54, 1.807) is 12.1 Å². The molecule has 4 rings (SSSR count). The van der Waals surface area contributed by atoms with E-state index in [1.165, 1.54) is 36.7 Å². The SMILES string of the molecule is O=c1nc(N2CC=C(c3ccc(F)cc3)CC2)cnn1Cc1ccc(OSC(F)(F)F)nc1. The second-order valence-electron chi connectivity index (χ2n) is 7.10. The molecule has 3 heterocycles. The number of anilines is 1. The van der Waals surface area contributed by atoms with Crippen LogP contribution in [0.15, 0.2) is 59.7 Å². The average molecular weight is 479 g/mol. The summed E-state index contributed by atoms with van der Waals surface area (Å²) in [5.74, 6) is -0.0437. The lowest BCUT2D eigenvalue weighted by Crippen LogP contribution is -2.33. The highest BCUT2D eigenvalue weighted by Crippen LogP contribution is 2.31. The minimum absolute atomic E-state index is 0.0560. The summed E-state index contributed by atoms with van der Waals surface area (Å²) in [5, 5.41) is 4.15. The van der Waals surface area contributed by atoms with Gasteiger partial charge in [-0.2, -0.15) is 23.3 Å². The van der Waals surface area contributed by atoms with Gasteiger partial charge in [0.05, 0.1) is 12.7 Å². The third kappa shape index (κ3) is 6.09. The molecule has 7 nitrogen and oxygen atoms in total. The summed E-state index contributed by atoms with van der Waals surface area (Å²) in [7, 11) is 0. The van der Waals surface area contributed by atoms with Crippen molar-refractivity contribution in [3.8, 4) is 5.88 Å². The number of aromatic nitrogens is 4. The van der Waals surface area contributed by atoms with Gasteiger partial charge in [0, 0.05) is 25.4 Å². The fourth-order valence-corrected chi connectivity index (χ4v) is 3.51. The van der Waals surface area contributed by atoms with E-state index >= 15 is 0 Å². The molecule has 2 aromatic heterocycles. The lowest BCUT2D eigenvalue weighted by atomic mass is 9.99. The van der Waals surface area contributed by atoms with Gasteiger partial charge in [0.25, 0.3) is 0 Å². The summed E-state index contributed by atoms with van der Waals surface area (Å²) in [6.07, 6.45) is 5.52. The molecule has 0 atom stereocenters. The van der Waals surface area contributed by atoms with Crippen LogP contribution < -0.4 is 14.8 Å². The number of hydrogen-bond donors (Lipinski definition) is 0. The maximum Gasteiger partial charge on any atom is 0.479 e. The van der Waals surface area contributed by atoms with Gasteiger partial charge in [-0.1, -0.05) is 24.3 Å². The molecule has 0 N–H and O–H groups in total. The lowest BCUT2D eigenvalue weighted by Gasteiger charge is -2.27. The van der Waals surface area contributed by atoms with E-state index in [0.717, 1.165) is 15.8 Å². The van der Waals surface area contributed by atoms with Crippen molar-refractivity contribution in [1.82, 2.24) is 19.7 Å².